The van der Waals surface area contributed by atoms with E-state index in [1.807, 2.05) is 6.92 Å². The number of carboxylic acid groups (broad SMARTS) is 3. The molecule has 0 aliphatic heterocycles. The van der Waals surface area contributed by atoms with Crippen LogP contribution in [0.3, 0.4) is 0 Å². The van der Waals surface area contributed by atoms with Gasteiger partial charge in [-0.25, -0.2) is 4.79 Å². The molecule has 21 nitrogen and oxygen atoms in total. The minimum absolute atomic E-state index is 0.00192. The molecular formula is C60H103N3O18S5. The Kier molecular flexibility index (Phi) is 53.7. The fourth-order valence-corrected chi connectivity index (χ4v) is 14.0. The van der Waals surface area contributed by atoms with Gasteiger partial charge in [0.05, 0.1) is 39.0 Å². The van der Waals surface area contributed by atoms with Crippen LogP contribution in [0.5, 0.6) is 0 Å². The molecule has 0 radical (unpaired) electrons. The second-order valence-corrected chi connectivity index (χ2v) is 27.4. The molecule has 0 fully saturated rings. The van der Waals surface area contributed by atoms with Crippen LogP contribution >= 0.6 is 55.8 Å². The number of ether oxygens (including phenoxy) is 4. The molecular weight excluding hydrogens is 1210 g/mol. The van der Waals surface area contributed by atoms with Crippen molar-refractivity contribution >= 4 is 120 Å². The molecule has 0 aromatic carbocycles. The number of amides is 3. The van der Waals surface area contributed by atoms with Gasteiger partial charge in [0.1, 0.15) is 42.4 Å². The number of aliphatic carboxylic acids is 3. The van der Waals surface area contributed by atoms with Crippen molar-refractivity contribution in [3.05, 3.63) is 0 Å². The standard InChI is InChI=1S/C60H103N3O18S5/c1-44(41-84-86-43-49(47(4)64)37-53(67)45(2)40-83-85-42-46(3)60(77)82)52(66)36-48(58(73)74)22-19-20-28-61-55(69)38-81-35-33-79-31-29-62-56(70)39-80-34-32-78-30-21-23-50(65)26-27-51(59(75)76)63-54(68)24-17-15-13-11-9-7-5-6-8-10-12-14-16-18-25-57(71)72/h44-46,48-49,51H,5-43H2,1-4H3,(H,61,69)(H,62,70)(H,63,68)(H,71,72)(H,73,74)(H,75,76)(H,77,82)/t44-,45-,46-,48+,49-,51-/m0/s1. The Balaban J connectivity index is 3.93. The Morgan fingerprint density at radius 2 is 0.884 bits per heavy atom. The highest BCUT2D eigenvalue weighted by atomic mass is 33.1. The van der Waals surface area contributed by atoms with Crippen molar-refractivity contribution in [3.8, 4) is 0 Å². The summed E-state index contributed by atoms with van der Waals surface area (Å²) in [4.78, 5) is 133. The second kappa shape index (κ2) is 55.8. The number of rotatable bonds is 63. The number of thiol groups is 1. The lowest BCUT2D eigenvalue weighted by Gasteiger charge is -2.17. The van der Waals surface area contributed by atoms with Crippen molar-refractivity contribution in [2.45, 2.75) is 194 Å². The van der Waals surface area contributed by atoms with Gasteiger partial charge in [0, 0.05) is 105 Å². The first kappa shape index (κ1) is 82.8. The lowest BCUT2D eigenvalue weighted by molar-refractivity contribution is -0.144. The van der Waals surface area contributed by atoms with Gasteiger partial charge in [-0.05, 0) is 45.4 Å². The summed E-state index contributed by atoms with van der Waals surface area (Å²) in [5, 5.41) is 35.8. The fraction of sp³-hybridized carbons (Fsp3) is 0.817. The third-order valence-electron chi connectivity index (χ3n) is 13.9. The van der Waals surface area contributed by atoms with Crippen molar-refractivity contribution in [2.75, 3.05) is 89.0 Å². The fourth-order valence-electron chi connectivity index (χ4n) is 8.25. The molecule has 0 aliphatic carbocycles. The molecule has 0 heterocycles. The van der Waals surface area contributed by atoms with E-state index in [0.717, 1.165) is 44.9 Å². The summed E-state index contributed by atoms with van der Waals surface area (Å²) >= 11 is 3.84. The maximum Gasteiger partial charge on any atom is 0.326 e. The normalized spacial score (nSPS) is 13.4. The summed E-state index contributed by atoms with van der Waals surface area (Å²) in [5.74, 6) is -4.43. The SMILES string of the molecule is CC(=O)[C@H](CSSC[C@H](C)C(=O)C[C@@H](CCCCNC(=O)COCCOCCNC(=O)COCCOCCCC(=O)CC[C@H](NC(=O)CCCCCCCCCCCCCCCCC(=O)O)C(=O)O)C(=O)O)CC(=O)[C@@H](C)CSSC[C@H](C)C(=O)S. The number of Topliss-reactive ketones (excluding diaryl/α,β-unsaturated/α-hetero) is 4. The van der Waals surface area contributed by atoms with Crippen LogP contribution in [0, 0.1) is 29.6 Å². The Hall–Kier alpha value is -3.24. The van der Waals surface area contributed by atoms with Gasteiger partial charge in [-0.15, -0.1) is 12.6 Å². The van der Waals surface area contributed by atoms with Gasteiger partial charge in [-0.3, -0.25) is 47.9 Å². The molecule has 0 unspecified atom stereocenters. The van der Waals surface area contributed by atoms with E-state index in [-0.39, 0.29) is 169 Å². The monoisotopic (exact) mass is 1310 g/mol. The van der Waals surface area contributed by atoms with Gasteiger partial charge >= 0.3 is 17.9 Å². The van der Waals surface area contributed by atoms with Crippen molar-refractivity contribution in [1.82, 2.24) is 16.0 Å². The highest BCUT2D eigenvalue weighted by molar-refractivity contribution is 8.77. The van der Waals surface area contributed by atoms with Crippen LogP contribution < -0.4 is 16.0 Å². The molecule has 0 aliphatic rings. The summed E-state index contributed by atoms with van der Waals surface area (Å²) in [6.07, 6.45) is 17.4. The van der Waals surface area contributed by atoms with Gasteiger partial charge in [0.2, 0.25) is 17.7 Å². The molecule has 0 spiro atoms. The van der Waals surface area contributed by atoms with Crippen LogP contribution in [-0.4, -0.2) is 174 Å². The second-order valence-electron chi connectivity index (χ2n) is 21.9. The van der Waals surface area contributed by atoms with Crippen LogP contribution in [-0.2, 0) is 71.7 Å². The van der Waals surface area contributed by atoms with E-state index in [9.17, 15) is 63.0 Å². The van der Waals surface area contributed by atoms with Gasteiger partial charge in [0.15, 0.2) is 5.12 Å². The summed E-state index contributed by atoms with van der Waals surface area (Å²) in [7, 11) is 5.88. The first-order chi connectivity index (χ1) is 41.1. The number of carbonyl (C=O) groups excluding carboxylic acids is 8. The zero-order valence-corrected chi connectivity index (χ0v) is 55.7. The number of carbonyl (C=O) groups is 11. The summed E-state index contributed by atoms with van der Waals surface area (Å²) in [6.45, 7) is 8.19. The maximum atomic E-state index is 12.9. The molecule has 0 aromatic heterocycles. The van der Waals surface area contributed by atoms with E-state index in [2.05, 4.69) is 28.6 Å². The smallest absolute Gasteiger partial charge is 0.326 e. The highest BCUT2D eigenvalue weighted by Crippen LogP contribution is 2.31. The molecule has 26 heteroatoms. The Bertz CT molecular complexity index is 1960. The van der Waals surface area contributed by atoms with Crippen LogP contribution in [0.1, 0.15) is 188 Å². The van der Waals surface area contributed by atoms with E-state index in [0.29, 0.717) is 55.2 Å². The molecule has 86 heavy (non-hydrogen) atoms. The van der Waals surface area contributed by atoms with E-state index in [4.69, 9.17) is 24.1 Å². The van der Waals surface area contributed by atoms with Crippen molar-refractivity contribution in [3.63, 3.8) is 0 Å². The minimum atomic E-state index is -1.17. The first-order valence-corrected chi connectivity index (χ1v) is 36.2. The quantitative estimate of drug-likeness (QED) is 0.0169. The molecule has 3 amide bonds. The van der Waals surface area contributed by atoms with Crippen LogP contribution in [0.2, 0.25) is 0 Å². The minimum Gasteiger partial charge on any atom is -0.481 e. The van der Waals surface area contributed by atoms with Crippen molar-refractivity contribution in [1.29, 1.82) is 0 Å². The van der Waals surface area contributed by atoms with Gasteiger partial charge < -0.3 is 50.2 Å². The van der Waals surface area contributed by atoms with E-state index < -0.39 is 41.7 Å². The number of ketones is 4. The number of unbranched alkanes of at least 4 members (excludes halogenated alkanes) is 14. The zero-order chi connectivity index (χ0) is 64.2. The molecule has 0 bridgehead atoms. The Morgan fingerprint density at radius 3 is 1.37 bits per heavy atom. The number of carboxylic acids is 3. The summed E-state index contributed by atoms with van der Waals surface area (Å²) in [5.41, 5.74) is 0. The number of hydrogen-bond acceptors (Lipinski definition) is 19. The van der Waals surface area contributed by atoms with Crippen LogP contribution in [0.15, 0.2) is 0 Å². The first-order valence-electron chi connectivity index (χ1n) is 30.7. The molecule has 496 valence electrons. The Labute approximate surface area is 532 Å². The predicted molar refractivity (Wildman–Crippen MR) is 344 cm³/mol. The summed E-state index contributed by atoms with van der Waals surface area (Å²) < 4.78 is 21.6. The number of hydrogen-bond donors (Lipinski definition) is 7. The van der Waals surface area contributed by atoms with E-state index in [1.54, 1.807) is 13.8 Å². The average Bonchev–Trinajstić information content (AvgIpc) is 3.56. The molecule has 6 N–H and O–H groups in total. The molecule has 0 saturated carbocycles. The van der Waals surface area contributed by atoms with E-state index in [1.165, 1.54) is 88.6 Å². The maximum absolute atomic E-state index is 12.9. The lowest BCUT2D eigenvalue weighted by atomic mass is 9.92. The largest absolute Gasteiger partial charge is 0.481 e. The molecule has 0 aromatic rings. The molecule has 0 rings (SSSR count). The van der Waals surface area contributed by atoms with Crippen molar-refractivity contribution < 1.29 is 87.0 Å². The van der Waals surface area contributed by atoms with Crippen molar-refractivity contribution in [2.24, 2.45) is 29.6 Å². The zero-order valence-electron chi connectivity index (χ0n) is 51.6. The third kappa shape index (κ3) is 50.6. The third-order valence-corrected chi connectivity index (χ3v) is 19.8. The van der Waals surface area contributed by atoms with Crippen LogP contribution in [0.4, 0.5) is 0 Å². The van der Waals surface area contributed by atoms with Gasteiger partial charge in [-0.1, -0.05) is 147 Å². The molecule has 0 saturated heterocycles. The lowest BCUT2D eigenvalue weighted by Crippen LogP contribution is -2.41. The predicted octanol–water partition coefficient (Wildman–Crippen LogP) is 9.43. The van der Waals surface area contributed by atoms with Gasteiger partial charge in [0.25, 0.3) is 0 Å². The van der Waals surface area contributed by atoms with Crippen LogP contribution in [0.25, 0.3) is 0 Å². The van der Waals surface area contributed by atoms with E-state index >= 15 is 0 Å². The summed E-state index contributed by atoms with van der Waals surface area (Å²) in [6, 6.07) is -1.12. The topological polar surface area (TPSA) is 321 Å². The van der Waals surface area contributed by atoms with Gasteiger partial charge in [-0.2, -0.15) is 0 Å². The Morgan fingerprint density at radius 1 is 0.430 bits per heavy atom. The number of nitrogens with one attached hydrogen (secondary N) is 3. The highest BCUT2D eigenvalue weighted by Gasteiger charge is 2.26. The average molecular weight is 1310 g/mol. The molecule has 6 atom stereocenters.